The molecule has 0 bridgehead atoms. The van der Waals surface area contributed by atoms with E-state index in [2.05, 4.69) is 23.7 Å². The van der Waals surface area contributed by atoms with Crippen molar-refractivity contribution in [2.45, 2.75) is 45.3 Å². The van der Waals surface area contributed by atoms with Gasteiger partial charge in [-0.25, -0.2) is 4.79 Å². The van der Waals surface area contributed by atoms with E-state index in [1.165, 1.54) is 6.42 Å². The first-order valence-electron chi connectivity index (χ1n) is 7.62. The van der Waals surface area contributed by atoms with Gasteiger partial charge in [0.25, 0.3) is 0 Å². The first-order chi connectivity index (χ1) is 10.1. The first-order valence-corrected chi connectivity index (χ1v) is 7.62. The quantitative estimate of drug-likeness (QED) is 0.939. The minimum atomic E-state index is -0.0335. The molecule has 0 saturated carbocycles. The predicted octanol–water partition coefficient (Wildman–Crippen LogP) is 2.21. The second-order valence-corrected chi connectivity index (χ2v) is 6.05. The average Bonchev–Trinajstić information content (AvgIpc) is 3.04. The number of ether oxygens (including phenoxy) is 1. The number of likely N-dealkylation sites (tertiary alicyclic amines) is 1. The van der Waals surface area contributed by atoms with Crippen molar-refractivity contribution in [2.75, 3.05) is 13.7 Å². The molecule has 1 aliphatic heterocycles. The van der Waals surface area contributed by atoms with E-state index < -0.39 is 0 Å². The summed E-state index contributed by atoms with van der Waals surface area (Å²) in [4.78, 5) is 17.7. The Hall–Kier alpha value is -1.75. The first kappa shape index (κ1) is 14.2. The number of benzene rings is 1. The molecule has 3 rings (SSSR count). The molecule has 1 N–H and O–H groups in total. The van der Waals surface area contributed by atoms with Crippen LogP contribution in [0.15, 0.2) is 23.0 Å². The third kappa shape index (κ3) is 2.58. The van der Waals surface area contributed by atoms with Gasteiger partial charge < -0.3 is 9.72 Å². The molecule has 1 aromatic heterocycles. The number of fused-ring (bicyclic) bond motifs is 1. The van der Waals surface area contributed by atoms with Crippen LogP contribution in [0.1, 0.15) is 26.7 Å². The summed E-state index contributed by atoms with van der Waals surface area (Å²) in [5, 5.41) is 0. The van der Waals surface area contributed by atoms with Crippen LogP contribution in [0, 0.1) is 0 Å². The van der Waals surface area contributed by atoms with Gasteiger partial charge in [0.05, 0.1) is 18.1 Å². The molecule has 0 radical (unpaired) electrons. The minimum Gasteiger partial charge on any atom is -0.497 e. The molecular weight excluding hydrogens is 266 g/mol. The summed E-state index contributed by atoms with van der Waals surface area (Å²) in [5.41, 5.74) is 1.76. The normalized spacial score (nSPS) is 19.7. The van der Waals surface area contributed by atoms with Crippen LogP contribution in [0.5, 0.6) is 5.75 Å². The summed E-state index contributed by atoms with van der Waals surface area (Å²) < 4.78 is 7.13. The van der Waals surface area contributed by atoms with Crippen LogP contribution in [-0.4, -0.2) is 40.2 Å². The van der Waals surface area contributed by atoms with Crippen molar-refractivity contribution in [3.63, 3.8) is 0 Å². The van der Waals surface area contributed by atoms with E-state index in [1.807, 2.05) is 22.8 Å². The molecule has 0 aliphatic carbocycles. The van der Waals surface area contributed by atoms with E-state index in [0.29, 0.717) is 12.1 Å². The Balaban J connectivity index is 1.96. The molecule has 5 nitrogen and oxygen atoms in total. The Kier molecular flexibility index (Phi) is 3.76. The second-order valence-electron chi connectivity index (χ2n) is 6.05. The zero-order valence-corrected chi connectivity index (χ0v) is 12.9. The number of hydrogen-bond donors (Lipinski definition) is 1. The van der Waals surface area contributed by atoms with Crippen molar-refractivity contribution >= 4 is 11.0 Å². The number of methoxy groups -OCH3 is 1. The lowest BCUT2D eigenvalue weighted by Gasteiger charge is -2.28. The van der Waals surface area contributed by atoms with E-state index in [1.54, 1.807) is 7.11 Å². The summed E-state index contributed by atoms with van der Waals surface area (Å²) in [5.74, 6) is 0.780. The van der Waals surface area contributed by atoms with Crippen LogP contribution in [0.2, 0.25) is 0 Å². The number of nitrogens with zero attached hydrogens (tertiary/aromatic N) is 2. The Morgan fingerprint density at radius 1 is 1.43 bits per heavy atom. The molecule has 1 aromatic carbocycles. The van der Waals surface area contributed by atoms with Crippen molar-refractivity contribution in [2.24, 2.45) is 0 Å². The van der Waals surface area contributed by atoms with Gasteiger partial charge in [0.1, 0.15) is 5.75 Å². The lowest BCUT2D eigenvalue weighted by atomic mass is 10.2. The molecule has 114 valence electrons. The number of H-pyrrole nitrogens is 1. The van der Waals surface area contributed by atoms with E-state index in [4.69, 9.17) is 4.74 Å². The summed E-state index contributed by atoms with van der Waals surface area (Å²) >= 11 is 0. The maximum Gasteiger partial charge on any atom is 0.326 e. The summed E-state index contributed by atoms with van der Waals surface area (Å²) in [6.45, 7) is 6.31. The van der Waals surface area contributed by atoms with Gasteiger partial charge in [-0.15, -0.1) is 0 Å². The Morgan fingerprint density at radius 3 is 2.95 bits per heavy atom. The van der Waals surface area contributed by atoms with Gasteiger partial charge in [0, 0.05) is 24.7 Å². The molecule has 21 heavy (non-hydrogen) atoms. The van der Waals surface area contributed by atoms with E-state index >= 15 is 0 Å². The van der Waals surface area contributed by atoms with E-state index in [-0.39, 0.29) is 5.69 Å². The van der Waals surface area contributed by atoms with Crippen LogP contribution in [0.4, 0.5) is 0 Å². The lowest BCUT2D eigenvalue weighted by Crippen LogP contribution is -2.39. The molecule has 1 aliphatic rings. The second kappa shape index (κ2) is 5.56. The Labute approximate surface area is 124 Å². The van der Waals surface area contributed by atoms with E-state index in [9.17, 15) is 4.79 Å². The highest BCUT2D eigenvalue weighted by Gasteiger charge is 2.27. The number of hydrogen-bond acceptors (Lipinski definition) is 3. The number of aromatic amines is 1. The molecule has 5 heteroatoms. The SMILES string of the molecule is COc1ccc2[nH]c(=O)n(CC3CCCN3C(C)C)c2c1. The maximum absolute atomic E-state index is 12.3. The van der Waals surface area contributed by atoms with Gasteiger partial charge >= 0.3 is 5.69 Å². The van der Waals surface area contributed by atoms with Gasteiger partial charge in [-0.05, 0) is 45.4 Å². The number of imidazole rings is 1. The fourth-order valence-corrected chi connectivity index (χ4v) is 3.39. The monoisotopic (exact) mass is 289 g/mol. The van der Waals surface area contributed by atoms with Gasteiger partial charge in [-0.3, -0.25) is 9.47 Å². The molecule has 1 atom stereocenters. The molecule has 0 amide bonds. The highest BCUT2D eigenvalue weighted by Crippen LogP contribution is 2.23. The summed E-state index contributed by atoms with van der Waals surface area (Å²) in [6.07, 6.45) is 2.37. The van der Waals surface area contributed by atoms with Crippen LogP contribution < -0.4 is 10.4 Å². The van der Waals surface area contributed by atoms with Crippen LogP contribution in [-0.2, 0) is 6.54 Å². The van der Waals surface area contributed by atoms with Gasteiger partial charge in [0.15, 0.2) is 0 Å². The standard InChI is InChI=1S/C16H23N3O2/c1-11(2)18-8-4-5-12(18)10-19-15-9-13(21-3)6-7-14(15)17-16(19)20/h6-7,9,11-12H,4-5,8,10H2,1-3H3,(H,17,20). The van der Waals surface area contributed by atoms with Crippen LogP contribution in [0.25, 0.3) is 11.0 Å². The van der Waals surface area contributed by atoms with Crippen molar-refractivity contribution in [1.29, 1.82) is 0 Å². The largest absolute Gasteiger partial charge is 0.497 e. The zero-order chi connectivity index (χ0) is 15.0. The van der Waals surface area contributed by atoms with Crippen molar-refractivity contribution in [3.05, 3.63) is 28.7 Å². The number of aromatic nitrogens is 2. The third-order valence-corrected chi connectivity index (χ3v) is 4.46. The number of nitrogens with one attached hydrogen (secondary N) is 1. The molecule has 0 spiro atoms. The van der Waals surface area contributed by atoms with Gasteiger partial charge in [-0.2, -0.15) is 0 Å². The topological polar surface area (TPSA) is 50.3 Å². The lowest BCUT2D eigenvalue weighted by molar-refractivity contribution is 0.187. The average molecular weight is 289 g/mol. The summed E-state index contributed by atoms with van der Waals surface area (Å²) in [6, 6.07) is 6.67. The molecule has 2 aromatic rings. The Bertz CT molecular complexity index is 686. The van der Waals surface area contributed by atoms with Crippen LogP contribution in [0.3, 0.4) is 0 Å². The number of rotatable bonds is 4. The Morgan fingerprint density at radius 2 is 2.24 bits per heavy atom. The predicted molar refractivity (Wildman–Crippen MR) is 84.0 cm³/mol. The highest BCUT2D eigenvalue weighted by molar-refractivity contribution is 5.77. The molecular formula is C16H23N3O2. The maximum atomic E-state index is 12.3. The minimum absolute atomic E-state index is 0.0335. The molecule has 1 unspecified atom stereocenters. The van der Waals surface area contributed by atoms with Gasteiger partial charge in [0.2, 0.25) is 0 Å². The highest BCUT2D eigenvalue weighted by atomic mass is 16.5. The van der Waals surface area contributed by atoms with Crippen molar-refractivity contribution < 1.29 is 4.74 Å². The fraction of sp³-hybridized carbons (Fsp3) is 0.562. The molecule has 1 saturated heterocycles. The smallest absolute Gasteiger partial charge is 0.326 e. The fourth-order valence-electron chi connectivity index (χ4n) is 3.39. The third-order valence-electron chi connectivity index (χ3n) is 4.46. The van der Waals surface area contributed by atoms with Crippen LogP contribution >= 0.6 is 0 Å². The van der Waals surface area contributed by atoms with E-state index in [0.717, 1.165) is 36.3 Å². The molecule has 1 fully saturated rings. The summed E-state index contributed by atoms with van der Waals surface area (Å²) in [7, 11) is 1.65. The van der Waals surface area contributed by atoms with Crippen molar-refractivity contribution in [3.8, 4) is 5.75 Å². The molecule has 2 heterocycles. The zero-order valence-electron chi connectivity index (χ0n) is 12.9. The van der Waals surface area contributed by atoms with Crippen molar-refractivity contribution in [1.82, 2.24) is 14.5 Å². The van der Waals surface area contributed by atoms with Gasteiger partial charge in [-0.1, -0.05) is 0 Å².